The Balaban J connectivity index is 1.79. The molecule has 0 saturated carbocycles. The molecule has 0 aromatic carbocycles. The lowest BCUT2D eigenvalue weighted by Gasteiger charge is -2.28. The first-order valence-electron chi connectivity index (χ1n) is 6.47. The Morgan fingerprint density at radius 2 is 2.00 bits per heavy atom. The maximum atomic E-state index is 12.1. The molecule has 100 valence electrons. The van der Waals surface area contributed by atoms with Crippen LogP contribution in [0.15, 0.2) is 0 Å². The van der Waals surface area contributed by atoms with E-state index in [-0.39, 0.29) is 5.75 Å². The van der Waals surface area contributed by atoms with Gasteiger partial charge in [-0.25, -0.2) is 8.42 Å². The fraction of sp³-hybridized carbons (Fsp3) is 1.00. The van der Waals surface area contributed by atoms with Gasteiger partial charge in [-0.05, 0) is 25.8 Å². The maximum Gasteiger partial charge on any atom is 0.214 e. The Morgan fingerprint density at radius 3 is 2.65 bits per heavy atom. The summed E-state index contributed by atoms with van der Waals surface area (Å²) in [6, 6.07) is 0.388. The van der Waals surface area contributed by atoms with Crippen LogP contribution in [0.3, 0.4) is 0 Å². The second-order valence-electron chi connectivity index (χ2n) is 4.76. The predicted octanol–water partition coefficient (Wildman–Crippen LogP) is 0.181. The Morgan fingerprint density at radius 1 is 1.24 bits per heavy atom. The second kappa shape index (κ2) is 6.13. The highest BCUT2D eigenvalue weighted by Crippen LogP contribution is 2.13. The average molecular weight is 262 g/mol. The van der Waals surface area contributed by atoms with Crippen LogP contribution in [0.25, 0.3) is 0 Å². The summed E-state index contributed by atoms with van der Waals surface area (Å²) in [6.45, 7) is 3.12. The summed E-state index contributed by atoms with van der Waals surface area (Å²) >= 11 is 0. The molecule has 6 heteroatoms. The van der Waals surface area contributed by atoms with E-state index in [4.69, 9.17) is 4.74 Å². The van der Waals surface area contributed by atoms with Crippen molar-refractivity contribution in [2.24, 2.45) is 0 Å². The summed E-state index contributed by atoms with van der Waals surface area (Å²) in [5, 5.41) is 3.39. The van der Waals surface area contributed by atoms with Gasteiger partial charge in [0.2, 0.25) is 10.0 Å². The molecule has 0 bridgehead atoms. The van der Waals surface area contributed by atoms with Crippen molar-refractivity contribution >= 4 is 10.0 Å². The first-order chi connectivity index (χ1) is 8.18. The molecule has 2 aliphatic rings. The largest absolute Gasteiger partial charge is 0.379 e. The van der Waals surface area contributed by atoms with E-state index < -0.39 is 10.0 Å². The van der Waals surface area contributed by atoms with Crippen LogP contribution >= 0.6 is 0 Å². The van der Waals surface area contributed by atoms with Crippen LogP contribution < -0.4 is 5.32 Å². The zero-order valence-corrected chi connectivity index (χ0v) is 11.0. The van der Waals surface area contributed by atoms with Gasteiger partial charge in [-0.3, -0.25) is 0 Å². The first kappa shape index (κ1) is 13.3. The third kappa shape index (κ3) is 3.91. The van der Waals surface area contributed by atoms with Crippen molar-refractivity contribution in [1.82, 2.24) is 9.62 Å². The number of hydrogen-bond acceptors (Lipinski definition) is 4. The molecule has 0 aliphatic carbocycles. The summed E-state index contributed by atoms with van der Waals surface area (Å²) in [5.74, 6) is 0.269. The van der Waals surface area contributed by atoms with Gasteiger partial charge in [0.25, 0.3) is 0 Å². The molecule has 1 N–H and O–H groups in total. The Labute approximate surface area is 104 Å². The van der Waals surface area contributed by atoms with E-state index in [9.17, 15) is 8.42 Å². The maximum absolute atomic E-state index is 12.1. The van der Waals surface area contributed by atoms with Gasteiger partial charge in [-0.15, -0.1) is 0 Å². The lowest BCUT2D eigenvalue weighted by molar-refractivity contribution is 0.0730. The number of rotatable bonds is 4. The standard InChI is InChI=1S/C11H22N2O3S/c14-17(15,13-6-8-16-9-7-13)10-4-11-3-1-2-5-12-11/h11-12H,1-10H2. The number of morpholine rings is 1. The number of hydrogen-bond donors (Lipinski definition) is 1. The van der Waals surface area contributed by atoms with Crippen molar-refractivity contribution < 1.29 is 13.2 Å². The molecule has 0 radical (unpaired) electrons. The topological polar surface area (TPSA) is 58.6 Å². The summed E-state index contributed by atoms with van der Waals surface area (Å²) < 4.78 is 30.9. The van der Waals surface area contributed by atoms with Crippen molar-refractivity contribution in [3.63, 3.8) is 0 Å². The summed E-state index contributed by atoms with van der Waals surface area (Å²) in [4.78, 5) is 0. The number of ether oxygens (including phenoxy) is 1. The monoisotopic (exact) mass is 262 g/mol. The van der Waals surface area contributed by atoms with E-state index in [0.717, 1.165) is 19.4 Å². The smallest absolute Gasteiger partial charge is 0.214 e. The minimum Gasteiger partial charge on any atom is -0.379 e. The molecule has 17 heavy (non-hydrogen) atoms. The molecule has 0 aromatic heterocycles. The van der Waals surface area contributed by atoms with Crippen LogP contribution in [-0.2, 0) is 14.8 Å². The van der Waals surface area contributed by atoms with Gasteiger partial charge in [-0.1, -0.05) is 6.42 Å². The van der Waals surface area contributed by atoms with Gasteiger partial charge in [0.05, 0.1) is 19.0 Å². The predicted molar refractivity (Wildman–Crippen MR) is 66.4 cm³/mol. The minimum absolute atomic E-state index is 0.269. The van der Waals surface area contributed by atoms with Crippen molar-refractivity contribution in [1.29, 1.82) is 0 Å². The number of nitrogens with one attached hydrogen (secondary N) is 1. The number of sulfonamides is 1. The van der Waals surface area contributed by atoms with Gasteiger partial charge in [-0.2, -0.15) is 4.31 Å². The van der Waals surface area contributed by atoms with E-state index in [2.05, 4.69) is 5.32 Å². The van der Waals surface area contributed by atoms with Crippen LogP contribution in [0, 0.1) is 0 Å². The average Bonchev–Trinajstić information content (AvgIpc) is 2.39. The minimum atomic E-state index is -3.07. The lowest BCUT2D eigenvalue weighted by Crippen LogP contribution is -2.43. The van der Waals surface area contributed by atoms with E-state index in [1.807, 2.05) is 0 Å². The first-order valence-corrected chi connectivity index (χ1v) is 8.08. The molecule has 2 aliphatic heterocycles. The van der Waals surface area contributed by atoms with Crippen LogP contribution in [0.4, 0.5) is 0 Å². The lowest BCUT2D eigenvalue weighted by atomic mass is 10.0. The number of piperidine rings is 1. The van der Waals surface area contributed by atoms with Crippen LogP contribution in [0.1, 0.15) is 25.7 Å². The Bertz CT molecular complexity index is 320. The molecule has 0 spiro atoms. The zero-order valence-electron chi connectivity index (χ0n) is 10.2. The molecule has 2 saturated heterocycles. The van der Waals surface area contributed by atoms with E-state index in [1.165, 1.54) is 12.8 Å². The number of nitrogens with zero attached hydrogens (tertiary/aromatic N) is 1. The fourth-order valence-electron chi connectivity index (χ4n) is 2.42. The molecule has 0 aromatic rings. The highest BCUT2D eigenvalue weighted by Gasteiger charge is 2.25. The molecule has 2 heterocycles. The zero-order chi connectivity index (χ0) is 12.1. The Hall–Kier alpha value is -0.170. The van der Waals surface area contributed by atoms with Crippen LogP contribution in [-0.4, -0.2) is 57.4 Å². The molecular weight excluding hydrogens is 240 g/mol. The molecule has 5 nitrogen and oxygen atoms in total. The van der Waals surface area contributed by atoms with E-state index in [0.29, 0.717) is 32.3 Å². The third-order valence-corrected chi connectivity index (χ3v) is 5.40. The highest BCUT2D eigenvalue weighted by molar-refractivity contribution is 7.89. The molecule has 1 atom stereocenters. The van der Waals surface area contributed by atoms with Crippen molar-refractivity contribution in [2.45, 2.75) is 31.7 Å². The van der Waals surface area contributed by atoms with Crippen LogP contribution in [0.5, 0.6) is 0 Å². The van der Waals surface area contributed by atoms with Gasteiger partial charge in [0, 0.05) is 19.1 Å². The quantitative estimate of drug-likeness (QED) is 0.785. The van der Waals surface area contributed by atoms with Crippen LogP contribution in [0.2, 0.25) is 0 Å². The fourth-order valence-corrected chi connectivity index (χ4v) is 3.96. The normalized spacial score (nSPS) is 28.1. The summed E-state index contributed by atoms with van der Waals surface area (Å²) in [6.07, 6.45) is 4.28. The van der Waals surface area contributed by atoms with Gasteiger partial charge < -0.3 is 10.1 Å². The van der Waals surface area contributed by atoms with Crippen molar-refractivity contribution in [3.05, 3.63) is 0 Å². The van der Waals surface area contributed by atoms with Crippen molar-refractivity contribution in [3.8, 4) is 0 Å². The Kier molecular flexibility index (Phi) is 4.78. The van der Waals surface area contributed by atoms with E-state index >= 15 is 0 Å². The van der Waals surface area contributed by atoms with Gasteiger partial charge in [0.1, 0.15) is 0 Å². The second-order valence-corrected chi connectivity index (χ2v) is 6.85. The summed E-state index contributed by atoms with van der Waals surface area (Å²) in [7, 11) is -3.07. The molecule has 0 amide bonds. The van der Waals surface area contributed by atoms with Gasteiger partial charge in [0.15, 0.2) is 0 Å². The summed E-state index contributed by atoms with van der Waals surface area (Å²) in [5.41, 5.74) is 0. The third-order valence-electron chi connectivity index (χ3n) is 3.50. The molecular formula is C11H22N2O3S. The molecule has 2 fully saturated rings. The van der Waals surface area contributed by atoms with Crippen molar-refractivity contribution in [2.75, 3.05) is 38.6 Å². The SMILES string of the molecule is O=S(=O)(CCC1CCCCN1)N1CCOCC1. The molecule has 2 rings (SSSR count). The van der Waals surface area contributed by atoms with Gasteiger partial charge >= 0.3 is 0 Å². The highest BCUT2D eigenvalue weighted by atomic mass is 32.2. The van der Waals surface area contributed by atoms with E-state index in [1.54, 1.807) is 4.31 Å². The molecule has 1 unspecified atom stereocenters.